The molecule has 0 saturated heterocycles. The zero-order chi connectivity index (χ0) is 14.6. The van der Waals surface area contributed by atoms with Gasteiger partial charge in [0, 0.05) is 18.6 Å². The molecular formula is C14H21F3N2. The van der Waals surface area contributed by atoms with Crippen LogP contribution in [0.3, 0.4) is 0 Å². The molecule has 2 unspecified atom stereocenters. The van der Waals surface area contributed by atoms with Crippen LogP contribution in [-0.4, -0.2) is 24.5 Å². The molecule has 0 amide bonds. The lowest BCUT2D eigenvalue weighted by Crippen LogP contribution is -2.36. The van der Waals surface area contributed by atoms with Crippen LogP contribution in [0.4, 0.5) is 13.2 Å². The molecule has 0 saturated carbocycles. The van der Waals surface area contributed by atoms with Gasteiger partial charge in [0.05, 0.1) is 5.56 Å². The van der Waals surface area contributed by atoms with Crippen LogP contribution in [0.15, 0.2) is 24.3 Å². The molecule has 0 aliphatic carbocycles. The van der Waals surface area contributed by atoms with E-state index in [1.807, 2.05) is 25.8 Å². The van der Waals surface area contributed by atoms with Gasteiger partial charge in [-0.2, -0.15) is 13.2 Å². The van der Waals surface area contributed by atoms with Crippen molar-refractivity contribution in [2.45, 2.75) is 38.5 Å². The molecule has 0 aromatic heterocycles. The topological polar surface area (TPSA) is 29.3 Å². The second kappa shape index (κ2) is 6.39. The Balaban J connectivity index is 3.06. The van der Waals surface area contributed by atoms with Crippen LogP contribution in [0, 0.1) is 0 Å². The summed E-state index contributed by atoms with van der Waals surface area (Å²) in [6.07, 6.45) is -3.39. The molecule has 0 fully saturated rings. The molecule has 108 valence electrons. The van der Waals surface area contributed by atoms with E-state index in [4.69, 9.17) is 5.73 Å². The van der Waals surface area contributed by atoms with Gasteiger partial charge in [0.2, 0.25) is 0 Å². The minimum absolute atomic E-state index is 0.197. The van der Waals surface area contributed by atoms with Crippen molar-refractivity contribution < 1.29 is 13.2 Å². The second-order valence-electron chi connectivity index (χ2n) is 4.80. The third-order valence-electron chi connectivity index (χ3n) is 3.60. The summed E-state index contributed by atoms with van der Waals surface area (Å²) in [7, 11) is 1.89. The molecule has 2 N–H and O–H groups in total. The molecule has 0 radical (unpaired) electrons. The Labute approximate surface area is 112 Å². The van der Waals surface area contributed by atoms with Gasteiger partial charge >= 0.3 is 6.18 Å². The maximum absolute atomic E-state index is 12.7. The number of alkyl halides is 3. The highest BCUT2D eigenvalue weighted by atomic mass is 19.4. The lowest BCUT2D eigenvalue weighted by molar-refractivity contribution is -0.137. The van der Waals surface area contributed by atoms with Gasteiger partial charge in [-0.25, -0.2) is 0 Å². The van der Waals surface area contributed by atoms with E-state index in [0.29, 0.717) is 12.1 Å². The summed E-state index contributed by atoms with van der Waals surface area (Å²) < 4.78 is 38.1. The van der Waals surface area contributed by atoms with Crippen LogP contribution >= 0.6 is 0 Å². The summed E-state index contributed by atoms with van der Waals surface area (Å²) >= 11 is 0. The average Bonchev–Trinajstić information content (AvgIpc) is 2.38. The van der Waals surface area contributed by atoms with E-state index in [0.717, 1.165) is 12.5 Å². The van der Waals surface area contributed by atoms with Crippen LogP contribution in [0.2, 0.25) is 0 Å². The molecule has 0 bridgehead atoms. The number of hydrogen-bond acceptors (Lipinski definition) is 2. The van der Waals surface area contributed by atoms with Gasteiger partial charge < -0.3 is 5.73 Å². The number of nitrogens with zero attached hydrogens (tertiary/aromatic N) is 1. The van der Waals surface area contributed by atoms with Crippen molar-refractivity contribution in [3.05, 3.63) is 35.4 Å². The zero-order valence-corrected chi connectivity index (χ0v) is 11.5. The first-order chi connectivity index (χ1) is 8.81. The third kappa shape index (κ3) is 3.94. The van der Waals surface area contributed by atoms with Crippen LogP contribution < -0.4 is 5.73 Å². The minimum atomic E-state index is -4.32. The number of benzene rings is 1. The van der Waals surface area contributed by atoms with Gasteiger partial charge in [-0.3, -0.25) is 4.90 Å². The highest BCUT2D eigenvalue weighted by molar-refractivity contribution is 5.28. The average molecular weight is 274 g/mol. The van der Waals surface area contributed by atoms with Gasteiger partial charge in [0.25, 0.3) is 0 Å². The van der Waals surface area contributed by atoms with E-state index in [1.54, 1.807) is 6.07 Å². The minimum Gasteiger partial charge on any atom is -0.329 e. The Bertz CT molecular complexity index is 404. The first-order valence-electron chi connectivity index (χ1n) is 6.40. The Morgan fingerprint density at radius 2 is 1.95 bits per heavy atom. The van der Waals surface area contributed by atoms with Crippen molar-refractivity contribution in [3.8, 4) is 0 Å². The third-order valence-corrected chi connectivity index (χ3v) is 3.60. The van der Waals surface area contributed by atoms with Crippen LogP contribution in [0.5, 0.6) is 0 Å². The number of rotatable bonds is 5. The Hall–Kier alpha value is -1.07. The maximum Gasteiger partial charge on any atom is 0.416 e. The lowest BCUT2D eigenvalue weighted by Gasteiger charge is -2.32. The monoisotopic (exact) mass is 274 g/mol. The Morgan fingerprint density at radius 1 is 1.32 bits per heavy atom. The summed E-state index contributed by atoms with van der Waals surface area (Å²) in [5, 5.41) is 0. The van der Waals surface area contributed by atoms with Crippen LogP contribution in [0.25, 0.3) is 0 Å². The smallest absolute Gasteiger partial charge is 0.329 e. The van der Waals surface area contributed by atoms with Crippen molar-refractivity contribution in [1.82, 2.24) is 4.90 Å². The quantitative estimate of drug-likeness (QED) is 0.891. The standard InChI is InChI=1S/C14H21F3N2/c1-4-10(2)19(3)13(9-18)11-6-5-7-12(8-11)14(15,16)17/h5-8,10,13H,4,9,18H2,1-3H3. The molecule has 5 heteroatoms. The predicted octanol–water partition coefficient (Wildman–Crippen LogP) is 3.44. The normalized spacial score (nSPS) is 15.6. The van der Waals surface area contributed by atoms with E-state index < -0.39 is 11.7 Å². The summed E-state index contributed by atoms with van der Waals surface area (Å²) in [6, 6.07) is 5.48. The Kier molecular flexibility index (Phi) is 5.38. The molecule has 2 atom stereocenters. The number of likely N-dealkylation sites (N-methyl/N-ethyl adjacent to an activating group) is 1. The molecule has 2 nitrogen and oxygen atoms in total. The molecule has 0 aliphatic heterocycles. The fourth-order valence-corrected chi connectivity index (χ4v) is 2.05. The highest BCUT2D eigenvalue weighted by Crippen LogP contribution is 2.31. The molecular weight excluding hydrogens is 253 g/mol. The summed E-state index contributed by atoms with van der Waals surface area (Å²) in [6.45, 7) is 4.37. The number of nitrogens with two attached hydrogens (primary N) is 1. The zero-order valence-electron chi connectivity index (χ0n) is 11.5. The summed E-state index contributed by atoms with van der Waals surface area (Å²) in [4.78, 5) is 2.02. The van der Waals surface area contributed by atoms with Gasteiger partial charge in [-0.1, -0.05) is 19.1 Å². The van der Waals surface area contributed by atoms with Crippen molar-refractivity contribution in [1.29, 1.82) is 0 Å². The molecule has 0 spiro atoms. The largest absolute Gasteiger partial charge is 0.416 e. The molecule has 1 aromatic carbocycles. The predicted molar refractivity (Wildman–Crippen MR) is 70.8 cm³/mol. The van der Waals surface area contributed by atoms with E-state index in [-0.39, 0.29) is 12.1 Å². The fourth-order valence-electron chi connectivity index (χ4n) is 2.05. The molecule has 1 rings (SSSR count). The van der Waals surface area contributed by atoms with E-state index >= 15 is 0 Å². The van der Waals surface area contributed by atoms with Crippen LogP contribution in [0.1, 0.15) is 37.4 Å². The molecule has 0 aliphatic rings. The molecule has 19 heavy (non-hydrogen) atoms. The maximum atomic E-state index is 12.7. The van der Waals surface area contributed by atoms with Crippen molar-refractivity contribution in [3.63, 3.8) is 0 Å². The van der Waals surface area contributed by atoms with Gasteiger partial charge in [0.15, 0.2) is 0 Å². The second-order valence-corrected chi connectivity index (χ2v) is 4.80. The van der Waals surface area contributed by atoms with Crippen molar-refractivity contribution in [2.24, 2.45) is 5.73 Å². The van der Waals surface area contributed by atoms with E-state index in [2.05, 4.69) is 0 Å². The summed E-state index contributed by atoms with van der Waals surface area (Å²) in [5.41, 5.74) is 5.72. The summed E-state index contributed by atoms with van der Waals surface area (Å²) in [5.74, 6) is 0. The van der Waals surface area contributed by atoms with Gasteiger partial charge in [0.1, 0.15) is 0 Å². The van der Waals surface area contributed by atoms with Crippen molar-refractivity contribution >= 4 is 0 Å². The van der Waals surface area contributed by atoms with Gasteiger partial charge in [-0.05, 0) is 38.1 Å². The van der Waals surface area contributed by atoms with E-state index in [9.17, 15) is 13.2 Å². The molecule has 0 heterocycles. The molecule has 1 aromatic rings. The van der Waals surface area contributed by atoms with Crippen LogP contribution in [-0.2, 0) is 6.18 Å². The van der Waals surface area contributed by atoms with Gasteiger partial charge in [-0.15, -0.1) is 0 Å². The highest BCUT2D eigenvalue weighted by Gasteiger charge is 2.31. The number of hydrogen-bond donors (Lipinski definition) is 1. The fraction of sp³-hybridized carbons (Fsp3) is 0.571. The number of halogens is 3. The first kappa shape index (κ1) is 16.0. The van der Waals surface area contributed by atoms with E-state index in [1.165, 1.54) is 12.1 Å². The first-order valence-corrected chi connectivity index (χ1v) is 6.40. The lowest BCUT2D eigenvalue weighted by atomic mass is 10.0. The Morgan fingerprint density at radius 3 is 2.42 bits per heavy atom. The SMILES string of the molecule is CCC(C)N(C)C(CN)c1cccc(C(F)(F)F)c1. The van der Waals surface area contributed by atoms with Crippen molar-refractivity contribution in [2.75, 3.05) is 13.6 Å².